The van der Waals surface area contributed by atoms with Gasteiger partial charge in [-0.3, -0.25) is 0 Å². The fourth-order valence-electron chi connectivity index (χ4n) is 2.56. The van der Waals surface area contributed by atoms with Gasteiger partial charge < -0.3 is 20.1 Å². The second-order valence-corrected chi connectivity index (χ2v) is 6.24. The van der Waals surface area contributed by atoms with Gasteiger partial charge in [0, 0.05) is 12.7 Å². The van der Waals surface area contributed by atoms with Gasteiger partial charge in [-0.25, -0.2) is 9.59 Å². The SMILES string of the molecule is CCOC(=O)C(=CNc1cc(C(F)(F)F)ccc1NCc1ccccc1)C(=O)OCC. The Bertz CT molecular complexity index is 908. The van der Waals surface area contributed by atoms with Crippen molar-refractivity contribution in [3.05, 3.63) is 71.4 Å². The van der Waals surface area contributed by atoms with Crippen molar-refractivity contribution in [2.75, 3.05) is 23.8 Å². The van der Waals surface area contributed by atoms with E-state index in [9.17, 15) is 22.8 Å². The fourth-order valence-corrected chi connectivity index (χ4v) is 2.56. The summed E-state index contributed by atoms with van der Waals surface area (Å²) >= 11 is 0. The van der Waals surface area contributed by atoms with E-state index in [2.05, 4.69) is 10.6 Å². The van der Waals surface area contributed by atoms with Crippen LogP contribution in [0.5, 0.6) is 0 Å². The Labute approximate surface area is 178 Å². The van der Waals surface area contributed by atoms with Gasteiger partial charge in [-0.15, -0.1) is 0 Å². The molecule has 0 bridgehead atoms. The highest BCUT2D eigenvalue weighted by molar-refractivity contribution is 6.14. The zero-order valence-corrected chi connectivity index (χ0v) is 17.1. The lowest BCUT2D eigenvalue weighted by Crippen LogP contribution is -2.19. The third kappa shape index (κ3) is 7.06. The molecule has 0 unspecified atom stereocenters. The van der Waals surface area contributed by atoms with Crippen molar-refractivity contribution in [2.24, 2.45) is 0 Å². The quantitative estimate of drug-likeness (QED) is 0.256. The molecule has 0 aliphatic carbocycles. The number of nitrogens with one attached hydrogen (secondary N) is 2. The summed E-state index contributed by atoms with van der Waals surface area (Å²) in [6.45, 7) is 3.51. The van der Waals surface area contributed by atoms with Gasteiger partial charge in [-0.2, -0.15) is 13.2 Å². The van der Waals surface area contributed by atoms with E-state index < -0.39 is 29.3 Å². The number of rotatable bonds is 9. The molecule has 0 aliphatic rings. The molecule has 0 aliphatic heterocycles. The molecule has 166 valence electrons. The largest absolute Gasteiger partial charge is 0.462 e. The Morgan fingerprint density at radius 1 is 0.935 bits per heavy atom. The van der Waals surface area contributed by atoms with Crippen molar-refractivity contribution in [2.45, 2.75) is 26.6 Å². The molecule has 9 heteroatoms. The van der Waals surface area contributed by atoms with Crippen LogP contribution in [0.15, 0.2) is 60.3 Å². The van der Waals surface area contributed by atoms with Crippen LogP contribution in [0.1, 0.15) is 25.0 Å². The lowest BCUT2D eigenvalue weighted by atomic mass is 10.1. The molecule has 0 spiro atoms. The van der Waals surface area contributed by atoms with Gasteiger partial charge in [0.2, 0.25) is 0 Å². The monoisotopic (exact) mass is 436 g/mol. The number of carbonyl (C=O) groups excluding carboxylic acids is 2. The Morgan fingerprint density at radius 2 is 1.55 bits per heavy atom. The van der Waals surface area contributed by atoms with Crippen molar-refractivity contribution in [3.8, 4) is 0 Å². The van der Waals surface area contributed by atoms with Gasteiger partial charge >= 0.3 is 18.1 Å². The molecule has 0 aromatic heterocycles. The topological polar surface area (TPSA) is 76.7 Å². The van der Waals surface area contributed by atoms with E-state index in [1.54, 1.807) is 13.8 Å². The maximum absolute atomic E-state index is 13.2. The maximum atomic E-state index is 13.2. The van der Waals surface area contributed by atoms with Crippen LogP contribution in [0.4, 0.5) is 24.5 Å². The van der Waals surface area contributed by atoms with Crippen LogP contribution in [0.2, 0.25) is 0 Å². The van der Waals surface area contributed by atoms with Crippen LogP contribution >= 0.6 is 0 Å². The highest BCUT2D eigenvalue weighted by Gasteiger charge is 2.31. The predicted molar refractivity (Wildman–Crippen MR) is 110 cm³/mol. The van der Waals surface area contributed by atoms with E-state index in [-0.39, 0.29) is 18.9 Å². The van der Waals surface area contributed by atoms with Gasteiger partial charge in [-0.05, 0) is 37.6 Å². The van der Waals surface area contributed by atoms with Crippen molar-refractivity contribution >= 4 is 23.3 Å². The van der Waals surface area contributed by atoms with Crippen LogP contribution in [-0.4, -0.2) is 25.2 Å². The van der Waals surface area contributed by atoms with E-state index in [0.717, 1.165) is 23.9 Å². The van der Waals surface area contributed by atoms with Gasteiger partial charge in [0.25, 0.3) is 0 Å². The summed E-state index contributed by atoms with van der Waals surface area (Å²) in [6, 6.07) is 12.4. The van der Waals surface area contributed by atoms with Crippen LogP contribution in [-0.2, 0) is 31.8 Å². The molecule has 6 nitrogen and oxygen atoms in total. The van der Waals surface area contributed by atoms with Crippen LogP contribution in [0.3, 0.4) is 0 Å². The number of esters is 2. The second kappa shape index (κ2) is 11.1. The smallest absolute Gasteiger partial charge is 0.416 e. The summed E-state index contributed by atoms with van der Waals surface area (Å²) in [4.78, 5) is 24.2. The first-order valence-electron chi connectivity index (χ1n) is 9.56. The standard InChI is InChI=1S/C22H23F3N2O4/c1-3-30-20(28)17(21(29)31-4-2)14-27-19-12-16(22(23,24)25)10-11-18(19)26-13-15-8-6-5-7-9-15/h5-12,14,26-27H,3-4,13H2,1-2H3. The molecule has 31 heavy (non-hydrogen) atoms. The van der Waals surface area contributed by atoms with Crippen LogP contribution < -0.4 is 10.6 Å². The predicted octanol–water partition coefficient (Wildman–Crippen LogP) is 4.74. The molecule has 2 N–H and O–H groups in total. The first-order valence-corrected chi connectivity index (χ1v) is 9.56. The fraction of sp³-hybridized carbons (Fsp3) is 0.273. The van der Waals surface area contributed by atoms with Crippen molar-refractivity contribution in [3.63, 3.8) is 0 Å². The van der Waals surface area contributed by atoms with Crippen LogP contribution in [0.25, 0.3) is 0 Å². The molecular weight excluding hydrogens is 413 g/mol. The van der Waals surface area contributed by atoms with Gasteiger partial charge in [0.15, 0.2) is 5.57 Å². The molecule has 0 saturated carbocycles. The van der Waals surface area contributed by atoms with Crippen molar-refractivity contribution < 1.29 is 32.2 Å². The summed E-state index contributed by atoms with van der Waals surface area (Å²) in [5.74, 6) is -1.89. The summed E-state index contributed by atoms with van der Waals surface area (Å²) in [5, 5.41) is 5.66. The lowest BCUT2D eigenvalue weighted by Gasteiger charge is -2.16. The van der Waals surface area contributed by atoms with E-state index in [1.165, 1.54) is 6.07 Å². The number of ether oxygens (including phenoxy) is 2. The van der Waals surface area contributed by atoms with Gasteiger partial charge in [0.05, 0.1) is 30.2 Å². The molecule has 0 saturated heterocycles. The molecule has 0 amide bonds. The highest BCUT2D eigenvalue weighted by Crippen LogP contribution is 2.34. The van der Waals surface area contributed by atoms with E-state index in [4.69, 9.17) is 9.47 Å². The first kappa shape index (κ1) is 23.8. The number of alkyl halides is 3. The Kier molecular flexibility index (Phi) is 8.48. The zero-order chi connectivity index (χ0) is 22.9. The average molecular weight is 436 g/mol. The third-order valence-electron chi connectivity index (χ3n) is 4.04. The van der Waals surface area contributed by atoms with Gasteiger partial charge in [-0.1, -0.05) is 30.3 Å². The van der Waals surface area contributed by atoms with Crippen LogP contribution in [0, 0.1) is 0 Å². The van der Waals surface area contributed by atoms with E-state index in [1.807, 2.05) is 30.3 Å². The number of halogens is 3. The molecule has 0 fully saturated rings. The molecular formula is C22H23F3N2O4. The number of hydrogen-bond acceptors (Lipinski definition) is 6. The normalized spacial score (nSPS) is 10.7. The Morgan fingerprint density at radius 3 is 2.10 bits per heavy atom. The zero-order valence-electron chi connectivity index (χ0n) is 17.1. The summed E-state index contributed by atoms with van der Waals surface area (Å²) in [5.41, 5.74) is -0.0581. The minimum Gasteiger partial charge on any atom is -0.462 e. The Balaban J connectivity index is 2.36. The molecule has 0 atom stereocenters. The molecule has 0 radical (unpaired) electrons. The van der Waals surface area contributed by atoms with Crippen molar-refractivity contribution in [1.29, 1.82) is 0 Å². The highest BCUT2D eigenvalue weighted by atomic mass is 19.4. The minimum atomic E-state index is -4.57. The molecule has 2 aromatic carbocycles. The second-order valence-electron chi connectivity index (χ2n) is 6.24. The molecule has 2 rings (SSSR count). The molecule has 2 aromatic rings. The lowest BCUT2D eigenvalue weighted by molar-refractivity contribution is -0.146. The minimum absolute atomic E-state index is 0.0169. The third-order valence-corrected chi connectivity index (χ3v) is 4.04. The van der Waals surface area contributed by atoms with Crippen molar-refractivity contribution in [1.82, 2.24) is 0 Å². The summed E-state index contributed by atoms with van der Waals surface area (Å²) < 4.78 is 49.2. The Hall–Kier alpha value is -3.49. The average Bonchev–Trinajstić information content (AvgIpc) is 2.73. The number of anilines is 2. The number of hydrogen-bond donors (Lipinski definition) is 2. The van der Waals surface area contributed by atoms with E-state index >= 15 is 0 Å². The van der Waals surface area contributed by atoms with Gasteiger partial charge in [0.1, 0.15) is 0 Å². The summed E-state index contributed by atoms with van der Waals surface area (Å²) in [7, 11) is 0. The number of benzene rings is 2. The first-order chi connectivity index (χ1) is 14.8. The number of carbonyl (C=O) groups is 2. The van der Waals surface area contributed by atoms with E-state index in [0.29, 0.717) is 12.2 Å². The summed E-state index contributed by atoms with van der Waals surface area (Å²) in [6.07, 6.45) is -3.58. The molecule has 0 heterocycles. The maximum Gasteiger partial charge on any atom is 0.416 e.